The molecule has 1 fully saturated rings. The van der Waals surface area contributed by atoms with E-state index in [9.17, 15) is 4.79 Å². The van der Waals surface area contributed by atoms with E-state index in [1.165, 1.54) is 11.8 Å². The molecule has 0 radical (unpaired) electrons. The van der Waals surface area contributed by atoms with Crippen LogP contribution >= 0.6 is 0 Å². The van der Waals surface area contributed by atoms with Crippen LogP contribution in [0.25, 0.3) is 11.7 Å². The zero-order valence-corrected chi connectivity index (χ0v) is 14.3. The van der Waals surface area contributed by atoms with Crippen molar-refractivity contribution in [2.24, 2.45) is 0 Å². The third kappa shape index (κ3) is 3.67. The van der Waals surface area contributed by atoms with Crippen LogP contribution in [0.1, 0.15) is 40.5 Å². The average molecular weight is 352 g/mol. The van der Waals surface area contributed by atoms with Crippen molar-refractivity contribution in [1.29, 1.82) is 0 Å². The fourth-order valence-electron chi connectivity index (χ4n) is 3.16. The Bertz CT molecular complexity index is 867. The van der Waals surface area contributed by atoms with Gasteiger partial charge >= 0.3 is 0 Å². The molecule has 1 unspecified atom stereocenters. The molecule has 1 saturated heterocycles. The Kier molecular flexibility index (Phi) is 4.79. The Morgan fingerprint density at radius 2 is 2.27 bits per heavy atom. The zero-order valence-electron chi connectivity index (χ0n) is 14.3. The first-order chi connectivity index (χ1) is 12.8. The summed E-state index contributed by atoms with van der Waals surface area (Å²) < 4.78 is 10.3. The van der Waals surface area contributed by atoms with E-state index < -0.39 is 0 Å². The highest BCUT2D eigenvalue weighted by Gasteiger charge is 2.17. The molecule has 4 rings (SSSR count). The molecule has 7 nitrogen and oxygen atoms in total. The number of piperidine rings is 1. The van der Waals surface area contributed by atoms with Gasteiger partial charge in [0.2, 0.25) is 0 Å². The summed E-state index contributed by atoms with van der Waals surface area (Å²) in [4.78, 5) is 16.7. The van der Waals surface area contributed by atoms with Gasteiger partial charge in [-0.2, -0.15) is 4.98 Å². The summed E-state index contributed by atoms with van der Waals surface area (Å²) in [7, 11) is 0. The number of aromatic nitrogens is 2. The van der Waals surface area contributed by atoms with E-state index in [1.54, 1.807) is 12.1 Å². The van der Waals surface area contributed by atoms with E-state index >= 15 is 0 Å². The minimum atomic E-state index is -0.153. The molecule has 0 saturated carbocycles. The smallest absolute Gasteiger partial charge is 0.293 e. The van der Waals surface area contributed by atoms with Gasteiger partial charge in [-0.05, 0) is 55.1 Å². The molecule has 2 aromatic heterocycles. The van der Waals surface area contributed by atoms with Crippen LogP contribution in [0.15, 0.2) is 51.6 Å². The first-order valence-corrected chi connectivity index (χ1v) is 8.75. The van der Waals surface area contributed by atoms with Crippen molar-refractivity contribution in [3.8, 4) is 11.7 Å². The number of hydrogen-bond donors (Lipinski definition) is 2. The second-order valence-corrected chi connectivity index (χ2v) is 6.34. The minimum Gasteiger partial charge on any atom is -0.459 e. The lowest BCUT2D eigenvalue weighted by atomic mass is 9.90. The SMILES string of the molecule is O=C(NCc1noc(-c2ccco2)n1)c1cccc(C2CCCNC2)c1. The van der Waals surface area contributed by atoms with Crippen LogP contribution in [0.4, 0.5) is 0 Å². The summed E-state index contributed by atoms with van der Waals surface area (Å²) in [6.45, 7) is 2.23. The molecule has 134 valence electrons. The van der Waals surface area contributed by atoms with Gasteiger partial charge in [0.05, 0.1) is 12.8 Å². The number of hydrogen-bond acceptors (Lipinski definition) is 6. The minimum absolute atomic E-state index is 0.153. The highest BCUT2D eigenvalue weighted by molar-refractivity contribution is 5.94. The highest BCUT2D eigenvalue weighted by atomic mass is 16.5. The predicted molar refractivity (Wildman–Crippen MR) is 94.5 cm³/mol. The maximum absolute atomic E-state index is 12.5. The number of amides is 1. The maximum atomic E-state index is 12.5. The number of nitrogens with zero attached hydrogens (tertiary/aromatic N) is 2. The van der Waals surface area contributed by atoms with E-state index in [2.05, 4.69) is 26.8 Å². The van der Waals surface area contributed by atoms with Gasteiger partial charge in [-0.15, -0.1) is 0 Å². The van der Waals surface area contributed by atoms with Gasteiger partial charge in [0, 0.05) is 12.1 Å². The van der Waals surface area contributed by atoms with Crippen molar-refractivity contribution in [1.82, 2.24) is 20.8 Å². The fourth-order valence-corrected chi connectivity index (χ4v) is 3.16. The summed E-state index contributed by atoms with van der Waals surface area (Å²) in [6.07, 6.45) is 3.85. The van der Waals surface area contributed by atoms with Crippen LogP contribution < -0.4 is 10.6 Å². The van der Waals surface area contributed by atoms with Gasteiger partial charge < -0.3 is 19.6 Å². The first-order valence-electron chi connectivity index (χ1n) is 8.75. The lowest BCUT2D eigenvalue weighted by Crippen LogP contribution is -2.28. The number of benzene rings is 1. The summed E-state index contributed by atoms with van der Waals surface area (Å²) in [6, 6.07) is 11.3. The molecular formula is C19H20N4O3. The summed E-state index contributed by atoms with van der Waals surface area (Å²) >= 11 is 0. The molecule has 1 aliphatic rings. The normalized spacial score (nSPS) is 17.2. The first kappa shape index (κ1) is 16.5. The number of nitrogens with one attached hydrogen (secondary N) is 2. The lowest BCUT2D eigenvalue weighted by molar-refractivity contribution is 0.0949. The molecule has 26 heavy (non-hydrogen) atoms. The second-order valence-electron chi connectivity index (χ2n) is 6.34. The van der Waals surface area contributed by atoms with Crippen molar-refractivity contribution < 1.29 is 13.7 Å². The third-order valence-electron chi connectivity index (χ3n) is 4.52. The number of rotatable bonds is 5. The predicted octanol–water partition coefficient (Wildman–Crippen LogP) is 2.73. The summed E-state index contributed by atoms with van der Waals surface area (Å²) in [5.41, 5.74) is 1.84. The molecule has 0 bridgehead atoms. The summed E-state index contributed by atoms with van der Waals surface area (Å²) in [5, 5.41) is 10.1. The molecule has 3 heterocycles. The van der Waals surface area contributed by atoms with Crippen LogP contribution in [0.2, 0.25) is 0 Å². The van der Waals surface area contributed by atoms with Crippen molar-refractivity contribution in [2.75, 3.05) is 13.1 Å². The van der Waals surface area contributed by atoms with Gasteiger partial charge in [0.15, 0.2) is 11.6 Å². The Hall–Kier alpha value is -2.93. The van der Waals surface area contributed by atoms with E-state index in [0.29, 0.717) is 29.0 Å². The van der Waals surface area contributed by atoms with Crippen molar-refractivity contribution in [2.45, 2.75) is 25.3 Å². The standard InChI is InChI=1S/C19H20N4O3/c24-18(14-5-1-4-13(10-14)15-6-2-8-20-11-15)21-12-17-22-19(26-23-17)16-7-3-9-25-16/h1,3-5,7,9-10,15,20H,2,6,8,11-12H2,(H,21,24). The molecule has 1 aliphatic heterocycles. The highest BCUT2D eigenvalue weighted by Crippen LogP contribution is 2.24. The molecule has 0 aliphatic carbocycles. The molecular weight excluding hydrogens is 332 g/mol. The zero-order chi connectivity index (χ0) is 17.8. The van der Waals surface area contributed by atoms with Crippen molar-refractivity contribution in [3.63, 3.8) is 0 Å². The molecule has 1 aromatic carbocycles. The Labute approximate surface area is 150 Å². The van der Waals surface area contributed by atoms with Crippen molar-refractivity contribution in [3.05, 3.63) is 59.6 Å². The van der Waals surface area contributed by atoms with E-state index in [1.807, 2.05) is 18.2 Å². The van der Waals surface area contributed by atoms with Gasteiger partial charge in [0.1, 0.15) is 0 Å². The van der Waals surface area contributed by atoms with Crippen LogP contribution in [0.5, 0.6) is 0 Å². The monoisotopic (exact) mass is 352 g/mol. The van der Waals surface area contributed by atoms with Gasteiger partial charge in [-0.1, -0.05) is 17.3 Å². The average Bonchev–Trinajstić information content (AvgIpc) is 3.38. The fraction of sp³-hybridized carbons (Fsp3) is 0.316. The van der Waals surface area contributed by atoms with Gasteiger partial charge in [-0.3, -0.25) is 4.79 Å². The number of carbonyl (C=O) groups is 1. The van der Waals surface area contributed by atoms with Crippen LogP contribution in [0, 0.1) is 0 Å². The van der Waals surface area contributed by atoms with Crippen molar-refractivity contribution >= 4 is 5.91 Å². The summed E-state index contributed by atoms with van der Waals surface area (Å²) in [5.74, 6) is 1.51. The molecule has 0 spiro atoms. The maximum Gasteiger partial charge on any atom is 0.293 e. The van der Waals surface area contributed by atoms with Crippen LogP contribution in [0.3, 0.4) is 0 Å². The molecule has 1 atom stereocenters. The number of furan rings is 1. The Balaban J connectivity index is 1.39. The molecule has 7 heteroatoms. The van der Waals surface area contributed by atoms with Gasteiger partial charge in [0.25, 0.3) is 11.8 Å². The van der Waals surface area contributed by atoms with Gasteiger partial charge in [-0.25, -0.2) is 0 Å². The number of carbonyl (C=O) groups excluding carboxylic acids is 1. The third-order valence-corrected chi connectivity index (χ3v) is 4.52. The lowest BCUT2D eigenvalue weighted by Gasteiger charge is -2.23. The van der Waals surface area contributed by atoms with E-state index in [0.717, 1.165) is 25.9 Å². The topological polar surface area (TPSA) is 93.2 Å². The molecule has 2 N–H and O–H groups in total. The molecule has 3 aromatic rings. The Morgan fingerprint density at radius 1 is 1.31 bits per heavy atom. The quantitative estimate of drug-likeness (QED) is 0.733. The van der Waals surface area contributed by atoms with E-state index in [-0.39, 0.29) is 12.5 Å². The van der Waals surface area contributed by atoms with Crippen LogP contribution in [-0.4, -0.2) is 29.1 Å². The van der Waals surface area contributed by atoms with E-state index in [4.69, 9.17) is 8.94 Å². The Morgan fingerprint density at radius 3 is 3.08 bits per heavy atom. The largest absolute Gasteiger partial charge is 0.459 e. The molecule has 1 amide bonds. The second kappa shape index (κ2) is 7.53. The van der Waals surface area contributed by atoms with Crippen LogP contribution in [-0.2, 0) is 6.54 Å².